The van der Waals surface area contributed by atoms with Crippen LogP contribution in [0.15, 0.2) is 18.7 Å². The summed E-state index contributed by atoms with van der Waals surface area (Å²) >= 11 is 0. The molecule has 1 heterocycles. The molecule has 1 aliphatic carbocycles. The van der Waals surface area contributed by atoms with Crippen molar-refractivity contribution in [2.45, 2.75) is 38.5 Å². The van der Waals surface area contributed by atoms with Gasteiger partial charge >= 0.3 is 6.18 Å². The van der Waals surface area contributed by atoms with Gasteiger partial charge < -0.3 is 4.90 Å². The number of rotatable bonds is 5. The van der Waals surface area contributed by atoms with E-state index < -0.39 is 24.0 Å². The SMILES string of the molecule is C=CC(=O)N(Cc1cc(C)n(C)n1)C(C1CC1)C(F)(F)F. The Kier molecular flexibility index (Phi) is 4.11. The average molecular weight is 301 g/mol. The second kappa shape index (κ2) is 5.54. The first kappa shape index (κ1) is 15.6. The summed E-state index contributed by atoms with van der Waals surface area (Å²) in [5.41, 5.74) is 1.27. The van der Waals surface area contributed by atoms with Crippen molar-refractivity contribution in [3.63, 3.8) is 0 Å². The zero-order chi connectivity index (χ0) is 15.8. The summed E-state index contributed by atoms with van der Waals surface area (Å²) in [4.78, 5) is 12.7. The van der Waals surface area contributed by atoms with Crippen LogP contribution < -0.4 is 0 Å². The summed E-state index contributed by atoms with van der Waals surface area (Å²) in [6.45, 7) is 4.95. The number of hydrogen-bond donors (Lipinski definition) is 0. The lowest BCUT2D eigenvalue weighted by atomic mass is 10.1. The van der Waals surface area contributed by atoms with E-state index in [2.05, 4.69) is 11.7 Å². The molecule has 0 spiro atoms. The highest BCUT2D eigenvalue weighted by molar-refractivity contribution is 5.87. The van der Waals surface area contributed by atoms with Gasteiger partial charge in [-0.3, -0.25) is 9.48 Å². The van der Waals surface area contributed by atoms with Crippen LogP contribution in [-0.4, -0.2) is 32.8 Å². The molecule has 7 heteroatoms. The summed E-state index contributed by atoms with van der Waals surface area (Å²) in [5.74, 6) is -1.23. The minimum Gasteiger partial charge on any atom is -0.321 e. The number of carbonyl (C=O) groups is 1. The molecular weight excluding hydrogens is 283 g/mol. The van der Waals surface area contributed by atoms with Gasteiger partial charge in [0.2, 0.25) is 5.91 Å². The molecule has 0 radical (unpaired) electrons. The normalized spacial score (nSPS) is 16.6. The van der Waals surface area contributed by atoms with E-state index in [-0.39, 0.29) is 6.54 Å². The standard InChI is InChI=1S/C14H18F3N3O/c1-4-12(21)20(8-11-7-9(2)19(3)18-11)13(10-5-6-10)14(15,16)17/h4,7,10,13H,1,5-6,8H2,2-3H3. The Morgan fingerprint density at radius 3 is 2.62 bits per heavy atom. The first-order valence-electron chi connectivity index (χ1n) is 6.73. The van der Waals surface area contributed by atoms with Crippen molar-refractivity contribution in [2.24, 2.45) is 13.0 Å². The number of carbonyl (C=O) groups excluding carboxylic acids is 1. The summed E-state index contributed by atoms with van der Waals surface area (Å²) in [6.07, 6.45) is -2.53. The van der Waals surface area contributed by atoms with Gasteiger partial charge in [-0.2, -0.15) is 18.3 Å². The number of aromatic nitrogens is 2. The molecule has 1 saturated carbocycles. The summed E-state index contributed by atoms with van der Waals surface area (Å²) in [7, 11) is 1.71. The third-order valence-corrected chi connectivity index (χ3v) is 3.69. The average Bonchev–Trinajstić information content (AvgIpc) is 3.14. The molecule has 2 rings (SSSR count). The van der Waals surface area contributed by atoms with Gasteiger partial charge in [0.1, 0.15) is 6.04 Å². The smallest absolute Gasteiger partial charge is 0.321 e. The highest BCUT2D eigenvalue weighted by Gasteiger charge is 2.53. The maximum Gasteiger partial charge on any atom is 0.409 e. The fourth-order valence-electron chi connectivity index (χ4n) is 2.43. The lowest BCUT2D eigenvalue weighted by molar-refractivity contribution is -0.194. The fourth-order valence-corrected chi connectivity index (χ4v) is 2.43. The topological polar surface area (TPSA) is 38.1 Å². The van der Waals surface area contributed by atoms with Gasteiger partial charge in [-0.25, -0.2) is 0 Å². The van der Waals surface area contributed by atoms with Gasteiger partial charge in [-0.05, 0) is 37.8 Å². The first-order chi connectivity index (χ1) is 9.74. The van der Waals surface area contributed by atoms with Gasteiger partial charge in [-0.1, -0.05) is 6.58 Å². The van der Waals surface area contributed by atoms with Crippen molar-refractivity contribution in [3.8, 4) is 0 Å². The first-order valence-corrected chi connectivity index (χ1v) is 6.73. The molecule has 1 aromatic rings. The van der Waals surface area contributed by atoms with Crippen LogP contribution in [0.2, 0.25) is 0 Å². The molecule has 0 saturated heterocycles. The maximum absolute atomic E-state index is 13.3. The molecule has 1 aliphatic rings. The Morgan fingerprint density at radius 1 is 1.62 bits per heavy atom. The predicted molar refractivity (Wildman–Crippen MR) is 71.3 cm³/mol. The zero-order valence-electron chi connectivity index (χ0n) is 12.0. The lowest BCUT2D eigenvalue weighted by Gasteiger charge is -2.32. The highest BCUT2D eigenvalue weighted by Crippen LogP contribution is 2.43. The number of alkyl halides is 3. The summed E-state index contributed by atoms with van der Waals surface area (Å²) < 4.78 is 41.4. The van der Waals surface area contributed by atoms with E-state index >= 15 is 0 Å². The van der Waals surface area contributed by atoms with Crippen LogP contribution in [0.4, 0.5) is 13.2 Å². The van der Waals surface area contributed by atoms with E-state index in [1.54, 1.807) is 24.7 Å². The van der Waals surface area contributed by atoms with Crippen LogP contribution in [-0.2, 0) is 18.4 Å². The second-order valence-electron chi connectivity index (χ2n) is 5.39. The van der Waals surface area contributed by atoms with Crippen LogP contribution in [0.3, 0.4) is 0 Å². The van der Waals surface area contributed by atoms with E-state index in [1.807, 2.05) is 0 Å². The third kappa shape index (κ3) is 3.46. The van der Waals surface area contributed by atoms with Crippen molar-refractivity contribution in [2.75, 3.05) is 0 Å². The quantitative estimate of drug-likeness (QED) is 0.784. The monoisotopic (exact) mass is 301 g/mol. The molecular formula is C14H18F3N3O. The van der Waals surface area contributed by atoms with Gasteiger partial charge in [-0.15, -0.1) is 0 Å². The Hall–Kier alpha value is -1.79. The van der Waals surface area contributed by atoms with E-state index in [9.17, 15) is 18.0 Å². The zero-order valence-corrected chi connectivity index (χ0v) is 12.0. The maximum atomic E-state index is 13.3. The summed E-state index contributed by atoms with van der Waals surface area (Å²) in [5, 5.41) is 4.13. The summed E-state index contributed by atoms with van der Waals surface area (Å²) in [6, 6.07) is -0.0747. The Labute approximate surface area is 121 Å². The highest BCUT2D eigenvalue weighted by atomic mass is 19.4. The van der Waals surface area contributed by atoms with Gasteiger partial charge in [0, 0.05) is 12.7 Å². The number of halogens is 3. The van der Waals surface area contributed by atoms with Crippen molar-refractivity contribution in [3.05, 3.63) is 30.1 Å². The third-order valence-electron chi connectivity index (χ3n) is 3.69. The van der Waals surface area contributed by atoms with E-state index in [4.69, 9.17) is 0 Å². The molecule has 0 aromatic carbocycles. The lowest BCUT2D eigenvalue weighted by Crippen LogP contribution is -2.49. The Bertz CT molecular complexity index is 527. The molecule has 1 amide bonds. The van der Waals surface area contributed by atoms with Crippen molar-refractivity contribution >= 4 is 5.91 Å². The van der Waals surface area contributed by atoms with Gasteiger partial charge in [0.15, 0.2) is 0 Å². The number of hydrogen-bond acceptors (Lipinski definition) is 2. The largest absolute Gasteiger partial charge is 0.409 e. The van der Waals surface area contributed by atoms with Crippen LogP contribution >= 0.6 is 0 Å². The molecule has 0 aliphatic heterocycles. The predicted octanol–water partition coefficient (Wildman–Crippen LogP) is 2.58. The molecule has 116 valence electrons. The molecule has 1 unspecified atom stereocenters. The molecule has 21 heavy (non-hydrogen) atoms. The fraction of sp³-hybridized carbons (Fsp3) is 0.571. The van der Waals surface area contributed by atoms with Crippen molar-refractivity contribution < 1.29 is 18.0 Å². The Morgan fingerprint density at radius 2 is 2.24 bits per heavy atom. The molecule has 0 N–H and O–H groups in total. The molecule has 4 nitrogen and oxygen atoms in total. The van der Waals surface area contributed by atoms with Crippen LogP contribution in [0.1, 0.15) is 24.2 Å². The van der Waals surface area contributed by atoms with E-state index in [1.165, 1.54) is 0 Å². The number of aryl methyl sites for hydroxylation is 2. The molecule has 1 atom stereocenters. The molecule has 1 fully saturated rings. The second-order valence-corrected chi connectivity index (χ2v) is 5.39. The van der Waals surface area contributed by atoms with Crippen molar-refractivity contribution in [1.29, 1.82) is 0 Å². The number of nitrogens with zero attached hydrogens (tertiary/aromatic N) is 3. The van der Waals surface area contributed by atoms with Gasteiger partial charge in [0.05, 0.1) is 12.2 Å². The van der Waals surface area contributed by atoms with Crippen LogP contribution in [0, 0.1) is 12.8 Å². The van der Waals surface area contributed by atoms with E-state index in [0.717, 1.165) is 16.7 Å². The minimum absolute atomic E-state index is 0.160. The number of amides is 1. The minimum atomic E-state index is -4.44. The molecule has 1 aromatic heterocycles. The van der Waals surface area contributed by atoms with Crippen LogP contribution in [0.5, 0.6) is 0 Å². The van der Waals surface area contributed by atoms with E-state index in [0.29, 0.717) is 18.5 Å². The molecule has 0 bridgehead atoms. The van der Waals surface area contributed by atoms with Crippen LogP contribution in [0.25, 0.3) is 0 Å². The van der Waals surface area contributed by atoms with Crippen molar-refractivity contribution in [1.82, 2.24) is 14.7 Å². The Balaban J connectivity index is 2.29. The van der Waals surface area contributed by atoms with Gasteiger partial charge in [0.25, 0.3) is 0 Å².